The smallest absolute Gasteiger partial charge is 0.352 e. The van der Waals surface area contributed by atoms with Crippen LogP contribution in [0, 0.1) is 11.3 Å². The highest BCUT2D eigenvalue weighted by atomic mass is 19.4. The minimum atomic E-state index is -4.28. The third-order valence-corrected chi connectivity index (χ3v) is 5.05. The Bertz CT molecular complexity index is 882. The quantitative estimate of drug-likeness (QED) is 0.785. The second-order valence-electron chi connectivity index (χ2n) is 6.94. The van der Waals surface area contributed by atoms with Crippen molar-refractivity contribution < 1.29 is 18.0 Å². The summed E-state index contributed by atoms with van der Waals surface area (Å²) in [6, 6.07) is 11.3. The minimum absolute atomic E-state index is 0.0628. The van der Waals surface area contributed by atoms with E-state index in [0.717, 1.165) is 6.92 Å². The van der Waals surface area contributed by atoms with Crippen LogP contribution in [0.5, 0.6) is 0 Å². The van der Waals surface area contributed by atoms with E-state index in [2.05, 4.69) is 10.2 Å². The van der Waals surface area contributed by atoms with E-state index < -0.39 is 12.1 Å². The number of anilines is 1. The summed E-state index contributed by atoms with van der Waals surface area (Å²) in [6.45, 7) is 3.34. The number of alkyl halides is 3. The Morgan fingerprint density at radius 3 is 2.28 bits per heavy atom. The van der Waals surface area contributed by atoms with Gasteiger partial charge in [-0.25, -0.2) is 0 Å². The Kier molecular flexibility index (Phi) is 6.01. The van der Waals surface area contributed by atoms with Crippen molar-refractivity contribution in [3.8, 4) is 6.07 Å². The highest BCUT2D eigenvalue weighted by molar-refractivity contribution is 5.79. The highest BCUT2D eigenvalue weighted by Crippen LogP contribution is 2.34. The van der Waals surface area contributed by atoms with Crippen molar-refractivity contribution in [1.29, 1.82) is 5.26 Å². The monoisotopic (exact) mass is 403 g/mol. The van der Waals surface area contributed by atoms with Crippen molar-refractivity contribution in [1.82, 2.24) is 15.1 Å². The Hall–Kier alpha value is -3.15. The molecule has 2 aromatic rings. The lowest BCUT2D eigenvalue weighted by Crippen LogP contribution is -2.49. The number of nitriles is 1. The van der Waals surface area contributed by atoms with Gasteiger partial charge in [-0.3, -0.25) is 4.79 Å². The molecule has 1 aromatic carbocycles. The molecule has 9 heteroatoms. The largest absolute Gasteiger partial charge is 0.395 e. The van der Waals surface area contributed by atoms with Crippen LogP contribution in [0.3, 0.4) is 0 Å². The average Bonchev–Trinajstić information content (AvgIpc) is 2.73. The number of benzene rings is 1. The molecule has 0 N–H and O–H groups in total. The first-order valence-corrected chi connectivity index (χ1v) is 9.20. The van der Waals surface area contributed by atoms with E-state index in [0.29, 0.717) is 37.6 Å². The fraction of sp³-hybridized carbons (Fsp3) is 0.400. The molecule has 0 saturated carbocycles. The van der Waals surface area contributed by atoms with Crippen molar-refractivity contribution in [2.45, 2.75) is 25.4 Å². The zero-order chi connectivity index (χ0) is 21.0. The standard InChI is InChI=1S/C20H20F3N5O/c1-14(20(21,22)23)16-4-2-15(3-5-16)12-19(29)28-10-8-27(9-11-28)18-7-6-17(13-24)25-26-18/h2-7,14H,8-12H2,1H3/t14-/m0/s1. The predicted molar refractivity (Wildman–Crippen MR) is 100 cm³/mol. The van der Waals surface area contributed by atoms with E-state index in [4.69, 9.17) is 5.26 Å². The van der Waals surface area contributed by atoms with Crippen molar-refractivity contribution in [3.63, 3.8) is 0 Å². The SMILES string of the molecule is C[C@@H](c1ccc(CC(=O)N2CCN(c3ccc(C#N)nn3)CC2)cc1)C(F)(F)F. The molecule has 29 heavy (non-hydrogen) atoms. The third-order valence-electron chi connectivity index (χ3n) is 5.05. The summed E-state index contributed by atoms with van der Waals surface area (Å²) in [5.74, 6) is -0.941. The normalized spacial score (nSPS) is 15.7. The van der Waals surface area contributed by atoms with E-state index in [1.165, 1.54) is 12.1 Å². The highest BCUT2D eigenvalue weighted by Gasteiger charge is 2.36. The molecule has 1 fully saturated rings. The summed E-state index contributed by atoms with van der Waals surface area (Å²) < 4.78 is 38.4. The van der Waals surface area contributed by atoms with Gasteiger partial charge in [0.15, 0.2) is 11.5 Å². The maximum atomic E-state index is 12.8. The number of carbonyl (C=O) groups excluding carboxylic acids is 1. The molecule has 1 aliphatic rings. The molecule has 152 valence electrons. The number of halogens is 3. The lowest BCUT2D eigenvalue weighted by atomic mass is 9.98. The molecule has 1 aromatic heterocycles. The van der Waals surface area contributed by atoms with E-state index in [9.17, 15) is 18.0 Å². The summed E-state index contributed by atoms with van der Waals surface area (Å²) in [7, 11) is 0. The van der Waals surface area contributed by atoms with Gasteiger partial charge >= 0.3 is 6.18 Å². The first-order chi connectivity index (χ1) is 13.8. The fourth-order valence-electron chi connectivity index (χ4n) is 3.14. The number of amides is 1. The van der Waals surface area contributed by atoms with Gasteiger partial charge in [0.25, 0.3) is 0 Å². The molecule has 1 saturated heterocycles. The Balaban J connectivity index is 1.53. The summed E-state index contributed by atoms with van der Waals surface area (Å²) >= 11 is 0. The van der Waals surface area contributed by atoms with Crippen molar-refractivity contribution >= 4 is 11.7 Å². The van der Waals surface area contributed by atoms with Crippen LogP contribution in [0.2, 0.25) is 0 Å². The average molecular weight is 403 g/mol. The Morgan fingerprint density at radius 2 is 1.76 bits per heavy atom. The van der Waals surface area contributed by atoms with Crippen LogP contribution in [0.15, 0.2) is 36.4 Å². The molecule has 2 heterocycles. The van der Waals surface area contributed by atoms with Crippen molar-refractivity contribution in [3.05, 3.63) is 53.2 Å². The molecule has 0 unspecified atom stereocenters. The van der Waals surface area contributed by atoms with E-state index in [-0.39, 0.29) is 23.6 Å². The van der Waals surface area contributed by atoms with E-state index >= 15 is 0 Å². The van der Waals surface area contributed by atoms with Crippen molar-refractivity contribution in [2.75, 3.05) is 31.1 Å². The number of hydrogen-bond acceptors (Lipinski definition) is 5. The van der Waals surface area contributed by atoms with Crippen LogP contribution < -0.4 is 4.90 Å². The van der Waals surface area contributed by atoms with Gasteiger partial charge < -0.3 is 9.80 Å². The van der Waals surface area contributed by atoms with E-state index in [1.807, 2.05) is 11.0 Å². The minimum Gasteiger partial charge on any atom is -0.352 e. The van der Waals surface area contributed by atoms with Crippen LogP contribution in [0.1, 0.15) is 29.7 Å². The fourth-order valence-corrected chi connectivity index (χ4v) is 3.14. The maximum absolute atomic E-state index is 12.8. The Labute approximate surface area is 166 Å². The molecule has 0 bridgehead atoms. The first-order valence-electron chi connectivity index (χ1n) is 9.20. The lowest BCUT2D eigenvalue weighted by Gasteiger charge is -2.35. The van der Waals surface area contributed by atoms with E-state index in [1.54, 1.807) is 29.2 Å². The molecule has 0 spiro atoms. The molecule has 6 nitrogen and oxygen atoms in total. The van der Waals surface area contributed by atoms with Crippen LogP contribution in [0.4, 0.5) is 19.0 Å². The van der Waals surface area contributed by atoms with Gasteiger partial charge in [-0.1, -0.05) is 24.3 Å². The molecule has 0 aliphatic carbocycles. The van der Waals surface area contributed by atoms with Crippen LogP contribution in [-0.2, 0) is 11.2 Å². The second-order valence-corrected chi connectivity index (χ2v) is 6.94. The maximum Gasteiger partial charge on any atom is 0.395 e. The van der Waals surface area contributed by atoms with Gasteiger partial charge in [0.05, 0.1) is 12.3 Å². The van der Waals surface area contributed by atoms with Crippen LogP contribution in [-0.4, -0.2) is 53.4 Å². The van der Waals surface area contributed by atoms with Gasteiger partial charge in [-0.15, -0.1) is 10.2 Å². The molecule has 1 amide bonds. The number of piperazine rings is 1. The number of aromatic nitrogens is 2. The summed E-state index contributed by atoms with van der Waals surface area (Å²) in [4.78, 5) is 16.3. The molecular weight excluding hydrogens is 383 g/mol. The summed E-state index contributed by atoms with van der Waals surface area (Å²) in [5, 5.41) is 16.6. The van der Waals surface area contributed by atoms with Crippen LogP contribution >= 0.6 is 0 Å². The van der Waals surface area contributed by atoms with Gasteiger partial charge in [0, 0.05) is 26.2 Å². The predicted octanol–water partition coefficient (Wildman–Crippen LogP) is 2.91. The summed E-state index contributed by atoms with van der Waals surface area (Å²) in [5.41, 5.74) is 1.12. The lowest BCUT2D eigenvalue weighted by molar-refractivity contribution is -0.146. The molecule has 1 aliphatic heterocycles. The van der Waals surface area contributed by atoms with Crippen molar-refractivity contribution in [2.24, 2.45) is 0 Å². The number of carbonyl (C=O) groups is 1. The molecule has 0 radical (unpaired) electrons. The summed E-state index contributed by atoms with van der Waals surface area (Å²) in [6.07, 6.45) is -4.13. The zero-order valence-corrected chi connectivity index (χ0v) is 15.9. The third kappa shape index (κ3) is 5.02. The second kappa shape index (κ2) is 8.47. The van der Waals surface area contributed by atoms with Gasteiger partial charge in [-0.2, -0.15) is 18.4 Å². The van der Waals surface area contributed by atoms with Gasteiger partial charge in [-0.05, 0) is 30.2 Å². The molecule has 1 atom stereocenters. The first kappa shape index (κ1) is 20.6. The van der Waals surface area contributed by atoms with Crippen LogP contribution in [0.25, 0.3) is 0 Å². The number of nitrogens with zero attached hydrogens (tertiary/aromatic N) is 5. The van der Waals surface area contributed by atoms with Gasteiger partial charge in [0.2, 0.25) is 5.91 Å². The molecule has 3 rings (SSSR count). The number of hydrogen-bond donors (Lipinski definition) is 0. The van der Waals surface area contributed by atoms with Gasteiger partial charge in [0.1, 0.15) is 6.07 Å². The zero-order valence-electron chi connectivity index (χ0n) is 15.9. The number of rotatable bonds is 4. The Morgan fingerprint density at radius 1 is 1.10 bits per heavy atom. The molecular formula is C20H20F3N5O. The topological polar surface area (TPSA) is 73.1 Å².